The molecule has 0 saturated heterocycles. The first-order chi connectivity index (χ1) is 14.4. The summed E-state index contributed by atoms with van der Waals surface area (Å²) in [6.07, 6.45) is 3.33. The molecule has 0 aliphatic carbocycles. The van der Waals surface area contributed by atoms with E-state index >= 15 is 0 Å². The van der Waals surface area contributed by atoms with Crippen molar-refractivity contribution in [3.63, 3.8) is 0 Å². The molecule has 7 nitrogen and oxygen atoms in total. The number of sulfonamides is 1. The standard InChI is InChI=1S/C21H18FN5O2S/c1-3-27-12-23-20-17(10-24-25-21(20)27)14-4-6-18(22)16(9-14)13-5-7-19-15(8-13)11-26(2)30(19,28)29/h4-10,12H,3,11H2,1-2H3. The van der Waals surface area contributed by atoms with Crippen LogP contribution in [0.5, 0.6) is 0 Å². The van der Waals surface area contributed by atoms with Crippen LogP contribution in [0.2, 0.25) is 0 Å². The molecule has 152 valence electrons. The molecule has 1 aliphatic heterocycles. The molecule has 0 unspecified atom stereocenters. The second-order valence-corrected chi connectivity index (χ2v) is 9.25. The lowest BCUT2D eigenvalue weighted by molar-refractivity contribution is 0.488. The van der Waals surface area contributed by atoms with Gasteiger partial charge in [-0.2, -0.15) is 9.40 Å². The summed E-state index contributed by atoms with van der Waals surface area (Å²) in [6, 6.07) is 9.76. The second-order valence-electron chi connectivity index (χ2n) is 7.24. The van der Waals surface area contributed by atoms with Crippen LogP contribution >= 0.6 is 0 Å². The molecular weight excluding hydrogens is 405 g/mol. The van der Waals surface area contributed by atoms with Gasteiger partial charge in [0.05, 0.1) is 17.4 Å². The lowest BCUT2D eigenvalue weighted by Gasteiger charge is -2.09. The fourth-order valence-corrected chi connectivity index (χ4v) is 5.18. The average molecular weight is 423 g/mol. The highest BCUT2D eigenvalue weighted by atomic mass is 32.2. The van der Waals surface area contributed by atoms with Gasteiger partial charge in [0.2, 0.25) is 10.0 Å². The number of hydrogen-bond acceptors (Lipinski definition) is 5. The summed E-state index contributed by atoms with van der Waals surface area (Å²) < 4.78 is 42.6. The fraction of sp³-hybridized carbons (Fsp3) is 0.190. The number of rotatable bonds is 3. The van der Waals surface area contributed by atoms with Crippen LogP contribution in [0.4, 0.5) is 4.39 Å². The molecule has 1 aliphatic rings. The minimum absolute atomic E-state index is 0.274. The summed E-state index contributed by atoms with van der Waals surface area (Å²) in [4.78, 5) is 4.73. The van der Waals surface area contributed by atoms with Crippen LogP contribution in [0.3, 0.4) is 0 Å². The smallest absolute Gasteiger partial charge is 0.243 e. The van der Waals surface area contributed by atoms with E-state index in [0.29, 0.717) is 27.9 Å². The van der Waals surface area contributed by atoms with Gasteiger partial charge in [-0.25, -0.2) is 17.8 Å². The van der Waals surface area contributed by atoms with Crippen molar-refractivity contribution in [2.24, 2.45) is 0 Å². The van der Waals surface area contributed by atoms with Gasteiger partial charge in [0.25, 0.3) is 0 Å². The van der Waals surface area contributed by atoms with E-state index in [1.807, 2.05) is 11.5 Å². The SMILES string of the molecule is CCn1cnc2c(-c3ccc(F)c(-c4ccc5c(c4)CN(C)S5(=O)=O)c3)cnnc21. The predicted molar refractivity (Wildman–Crippen MR) is 110 cm³/mol. The first-order valence-corrected chi connectivity index (χ1v) is 10.9. The molecule has 2 aromatic carbocycles. The zero-order chi connectivity index (χ0) is 21.0. The molecule has 0 fully saturated rings. The van der Waals surface area contributed by atoms with Gasteiger partial charge in [0, 0.05) is 31.3 Å². The van der Waals surface area contributed by atoms with Gasteiger partial charge in [-0.15, -0.1) is 5.10 Å². The number of aryl methyl sites for hydroxylation is 1. The summed E-state index contributed by atoms with van der Waals surface area (Å²) in [5.74, 6) is -0.384. The number of nitrogens with zero attached hydrogens (tertiary/aromatic N) is 5. The van der Waals surface area contributed by atoms with E-state index in [1.165, 1.54) is 17.4 Å². The van der Waals surface area contributed by atoms with Crippen molar-refractivity contribution in [2.75, 3.05) is 7.05 Å². The van der Waals surface area contributed by atoms with Crippen molar-refractivity contribution in [1.82, 2.24) is 24.1 Å². The third-order valence-corrected chi connectivity index (χ3v) is 7.38. The first kappa shape index (κ1) is 18.8. The Kier molecular flexibility index (Phi) is 4.19. The highest BCUT2D eigenvalue weighted by Crippen LogP contribution is 2.35. The summed E-state index contributed by atoms with van der Waals surface area (Å²) >= 11 is 0. The van der Waals surface area contributed by atoms with Gasteiger partial charge >= 0.3 is 0 Å². The Labute approximate surface area is 172 Å². The predicted octanol–water partition coefficient (Wildman–Crippen LogP) is 3.45. The van der Waals surface area contributed by atoms with Crippen LogP contribution in [-0.4, -0.2) is 39.5 Å². The third kappa shape index (κ3) is 2.73. The van der Waals surface area contributed by atoms with Crippen LogP contribution in [0.25, 0.3) is 33.4 Å². The fourth-order valence-electron chi connectivity index (χ4n) is 3.84. The number of fused-ring (bicyclic) bond motifs is 2. The highest BCUT2D eigenvalue weighted by Gasteiger charge is 2.31. The van der Waals surface area contributed by atoms with E-state index in [-0.39, 0.29) is 17.3 Å². The van der Waals surface area contributed by atoms with Crippen molar-refractivity contribution in [2.45, 2.75) is 24.9 Å². The van der Waals surface area contributed by atoms with E-state index in [4.69, 9.17) is 0 Å². The van der Waals surface area contributed by atoms with Gasteiger partial charge in [-0.05, 0) is 47.9 Å². The Bertz CT molecular complexity index is 1410. The molecule has 4 aromatic rings. The molecular formula is C21H18FN5O2S. The molecule has 0 radical (unpaired) electrons. The summed E-state index contributed by atoms with van der Waals surface area (Å²) in [7, 11) is -1.92. The van der Waals surface area contributed by atoms with Crippen LogP contribution in [0, 0.1) is 5.82 Å². The topological polar surface area (TPSA) is 81.0 Å². The largest absolute Gasteiger partial charge is 0.314 e. The van der Waals surface area contributed by atoms with Gasteiger partial charge in [0.1, 0.15) is 11.3 Å². The van der Waals surface area contributed by atoms with Crippen molar-refractivity contribution in [3.8, 4) is 22.3 Å². The van der Waals surface area contributed by atoms with E-state index in [9.17, 15) is 12.8 Å². The first-order valence-electron chi connectivity index (χ1n) is 9.46. The molecule has 0 amide bonds. The number of hydrogen-bond donors (Lipinski definition) is 0. The quantitative estimate of drug-likeness (QED) is 0.504. The molecule has 9 heteroatoms. The summed E-state index contributed by atoms with van der Waals surface area (Å²) in [6.45, 7) is 2.99. The van der Waals surface area contributed by atoms with Crippen molar-refractivity contribution >= 4 is 21.2 Å². The van der Waals surface area contributed by atoms with Crippen LogP contribution < -0.4 is 0 Å². The monoisotopic (exact) mass is 423 g/mol. The zero-order valence-electron chi connectivity index (χ0n) is 16.4. The maximum absolute atomic E-state index is 14.7. The highest BCUT2D eigenvalue weighted by molar-refractivity contribution is 7.89. The van der Waals surface area contributed by atoms with Gasteiger partial charge in [-0.1, -0.05) is 12.1 Å². The van der Waals surface area contributed by atoms with Gasteiger partial charge < -0.3 is 4.57 Å². The van der Waals surface area contributed by atoms with E-state index < -0.39 is 10.0 Å². The lowest BCUT2D eigenvalue weighted by Crippen LogP contribution is -2.18. The zero-order valence-corrected chi connectivity index (χ0v) is 17.2. The Morgan fingerprint density at radius 3 is 2.67 bits per heavy atom. The molecule has 0 bridgehead atoms. The Morgan fingerprint density at radius 1 is 1.10 bits per heavy atom. The van der Waals surface area contributed by atoms with Gasteiger partial charge in [-0.3, -0.25) is 0 Å². The maximum atomic E-state index is 14.7. The van der Waals surface area contributed by atoms with Crippen molar-refractivity contribution in [1.29, 1.82) is 0 Å². The molecule has 0 spiro atoms. The molecule has 0 atom stereocenters. The molecule has 30 heavy (non-hydrogen) atoms. The molecule has 5 rings (SSSR count). The number of aromatic nitrogens is 4. The third-order valence-electron chi connectivity index (χ3n) is 5.48. The van der Waals surface area contributed by atoms with E-state index in [2.05, 4.69) is 15.2 Å². The van der Waals surface area contributed by atoms with Crippen molar-refractivity contribution in [3.05, 3.63) is 60.3 Å². The van der Waals surface area contributed by atoms with Crippen LogP contribution in [0.1, 0.15) is 12.5 Å². The van der Waals surface area contributed by atoms with Gasteiger partial charge in [0.15, 0.2) is 5.65 Å². The molecule has 0 saturated carbocycles. The number of imidazole rings is 1. The molecule has 2 aromatic heterocycles. The Morgan fingerprint density at radius 2 is 1.87 bits per heavy atom. The molecule has 3 heterocycles. The normalized spacial score (nSPS) is 15.6. The second kappa shape index (κ2) is 6.68. The summed E-state index contributed by atoms with van der Waals surface area (Å²) in [5.41, 5.74) is 4.57. The minimum atomic E-state index is -3.46. The van der Waals surface area contributed by atoms with Crippen molar-refractivity contribution < 1.29 is 12.8 Å². The number of benzene rings is 2. The lowest BCUT2D eigenvalue weighted by atomic mass is 9.98. The number of halogens is 1. The van der Waals surface area contributed by atoms with Crippen LogP contribution in [0.15, 0.2) is 53.8 Å². The Balaban J connectivity index is 1.65. The van der Waals surface area contributed by atoms with Crippen LogP contribution in [-0.2, 0) is 23.1 Å². The maximum Gasteiger partial charge on any atom is 0.243 e. The molecule has 0 N–H and O–H groups in total. The Hall–Kier alpha value is -3.17. The minimum Gasteiger partial charge on any atom is -0.314 e. The average Bonchev–Trinajstić information content (AvgIpc) is 3.26. The van der Waals surface area contributed by atoms with E-state index in [0.717, 1.165) is 17.7 Å². The van der Waals surface area contributed by atoms with E-state index in [1.54, 1.807) is 42.9 Å². The summed E-state index contributed by atoms with van der Waals surface area (Å²) in [5, 5.41) is 8.26.